The number of carboxylic acid groups (broad SMARTS) is 1. The second kappa shape index (κ2) is 13.0. The van der Waals surface area contributed by atoms with Crippen LogP contribution >= 0.6 is 11.6 Å². The molecule has 6 nitrogen and oxygen atoms in total. The molecular weight excluding hydrogens is 478 g/mol. The lowest BCUT2D eigenvalue weighted by atomic mass is 9.94. The van der Waals surface area contributed by atoms with E-state index in [-0.39, 0.29) is 12.5 Å². The number of hydrogen-bond acceptors (Lipinski definition) is 4. The number of halogens is 1. The van der Waals surface area contributed by atoms with Gasteiger partial charge < -0.3 is 19.9 Å². The van der Waals surface area contributed by atoms with Gasteiger partial charge in [-0.05, 0) is 66.3 Å². The maximum atomic E-state index is 12.8. The highest BCUT2D eigenvalue weighted by atomic mass is 35.5. The second-order valence-electron chi connectivity index (χ2n) is 8.55. The van der Waals surface area contributed by atoms with Crippen molar-refractivity contribution in [1.29, 1.82) is 0 Å². The van der Waals surface area contributed by atoms with Crippen LogP contribution < -0.4 is 14.8 Å². The molecule has 0 aliphatic heterocycles. The minimum Gasteiger partial charge on any atom is -0.496 e. The summed E-state index contributed by atoms with van der Waals surface area (Å²) in [6.45, 7) is 4.73. The molecule has 3 rings (SSSR count). The number of ether oxygens (including phenoxy) is 2. The van der Waals surface area contributed by atoms with Gasteiger partial charge in [0.2, 0.25) is 0 Å². The highest BCUT2D eigenvalue weighted by molar-refractivity contribution is 6.34. The summed E-state index contributed by atoms with van der Waals surface area (Å²) in [4.78, 5) is 24.3. The molecule has 0 aliphatic rings. The molecule has 7 heteroatoms. The van der Waals surface area contributed by atoms with Crippen molar-refractivity contribution in [2.24, 2.45) is 5.92 Å². The Bertz CT molecular complexity index is 1210. The van der Waals surface area contributed by atoms with Gasteiger partial charge in [-0.25, -0.2) is 0 Å². The van der Waals surface area contributed by atoms with E-state index in [0.29, 0.717) is 41.5 Å². The first-order valence-corrected chi connectivity index (χ1v) is 12.4. The predicted octanol–water partition coefficient (Wildman–Crippen LogP) is 6.39. The van der Waals surface area contributed by atoms with Crippen molar-refractivity contribution < 1.29 is 24.2 Å². The fraction of sp³-hybridized carbons (Fsp3) is 0.310. The van der Waals surface area contributed by atoms with E-state index in [0.717, 1.165) is 28.7 Å². The van der Waals surface area contributed by atoms with Gasteiger partial charge >= 0.3 is 5.97 Å². The van der Waals surface area contributed by atoms with Gasteiger partial charge in [-0.2, -0.15) is 0 Å². The molecule has 0 fully saturated rings. The highest BCUT2D eigenvalue weighted by Crippen LogP contribution is 2.29. The molecule has 0 aromatic heterocycles. The molecule has 0 heterocycles. The van der Waals surface area contributed by atoms with Crippen LogP contribution in [-0.2, 0) is 17.8 Å². The summed E-state index contributed by atoms with van der Waals surface area (Å²) in [5, 5.41) is 12.6. The number of aliphatic carboxylic acids is 1. The predicted molar refractivity (Wildman–Crippen MR) is 142 cm³/mol. The maximum absolute atomic E-state index is 12.8. The van der Waals surface area contributed by atoms with Crippen LogP contribution in [0.25, 0.3) is 11.1 Å². The summed E-state index contributed by atoms with van der Waals surface area (Å²) in [6.07, 6.45) is 1.93. The van der Waals surface area contributed by atoms with E-state index in [1.165, 1.54) is 0 Å². The van der Waals surface area contributed by atoms with Crippen molar-refractivity contribution >= 4 is 23.5 Å². The fourth-order valence-electron chi connectivity index (χ4n) is 3.93. The number of rotatable bonds is 12. The normalized spacial score (nSPS) is 11.6. The van der Waals surface area contributed by atoms with Crippen molar-refractivity contribution in [2.75, 3.05) is 13.7 Å². The molecule has 190 valence electrons. The first kappa shape index (κ1) is 27.1. The lowest BCUT2D eigenvalue weighted by molar-refractivity contribution is -0.141. The average molecular weight is 510 g/mol. The minimum atomic E-state index is -0.784. The molecule has 1 unspecified atom stereocenters. The van der Waals surface area contributed by atoms with Gasteiger partial charge in [0.05, 0.1) is 30.2 Å². The van der Waals surface area contributed by atoms with Crippen LogP contribution in [-0.4, -0.2) is 30.7 Å². The number of benzene rings is 3. The third-order valence-corrected chi connectivity index (χ3v) is 6.27. The number of carbonyl (C=O) groups is 2. The molecule has 0 bridgehead atoms. The molecule has 3 aromatic carbocycles. The Morgan fingerprint density at radius 3 is 2.47 bits per heavy atom. The Balaban J connectivity index is 1.77. The number of methoxy groups -OCH3 is 1. The smallest absolute Gasteiger partial charge is 0.306 e. The molecule has 1 atom stereocenters. The van der Waals surface area contributed by atoms with Gasteiger partial charge in [-0.1, -0.05) is 55.8 Å². The van der Waals surface area contributed by atoms with Gasteiger partial charge in [0.15, 0.2) is 0 Å². The van der Waals surface area contributed by atoms with E-state index in [1.807, 2.05) is 56.3 Å². The molecule has 0 radical (unpaired) electrons. The molecule has 0 saturated carbocycles. The lowest BCUT2D eigenvalue weighted by Crippen LogP contribution is -2.23. The molecule has 0 saturated heterocycles. The molecule has 2 N–H and O–H groups in total. The van der Waals surface area contributed by atoms with E-state index in [4.69, 9.17) is 21.1 Å². The van der Waals surface area contributed by atoms with Crippen LogP contribution in [0.15, 0.2) is 60.7 Å². The van der Waals surface area contributed by atoms with E-state index in [9.17, 15) is 14.7 Å². The fourth-order valence-corrected chi connectivity index (χ4v) is 4.18. The van der Waals surface area contributed by atoms with Gasteiger partial charge in [0.25, 0.3) is 5.91 Å². The first-order chi connectivity index (χ1) is 17.4. The zero-order chi connectivity index (χ0) is 26.1. The molecule has 0 spiro atoms. The second-order valence-corrected chi connectivity index (χ2v) is 8.95. The quantitative estimate of drug-likeness (QED) is 0.295. The van der Waals surface area contributed by atoms with Crippen LogP contribution in [0.1, 0.15) is 48.2 Å². The number of carboxylic acids is 1. The maximum Gasteiger partial charge on any atom is 0.306 e. The number of nitrogens with one attached hydrogen (secondary N) is 1. The summed E-state index contributed by atoms with van der Waals surface area (Å²) in [6, 6.07) is 18.7. The van der Waals surface area contributed by atoms with E-state index < -0.39 is 11.9 Å². The highest BCUT2D eigenvalue weighted by Gasteiger charge is 2.16. The van der Waals surface area contributed by atoms with Crippen molar-refractivity contribution in [3.63, 3.8) is 0 Å². The summed E-state index contributed by atoms with van der Waals surface area (Å²) in [5.41, 5.74) is 4.06. The summed E-state index contributed by atoms with van der Waals surface area (Å²) < 4.78 is 11.1. The third kappa shape index (κ3) is 7.01. The van der Waals surface area contributed by atoms with Gasteiger partial charge in [0.1, 0.15) is 11.5 Å². The van der Waals surface area contributed by atoms with Gasteiger partial charge in [0, 0.05) is 12.1 Å². The Morgan fingerprint density at radius 1 is 1.03 bits per heavy atom. The topological polar surface area (TPSA) is 84.9 Å². The third-order valence-electron chi connectivity index (χ3n) is 5.96. The summed E-state index contributed by atoms with van der Waals surface area (Å²) in [5.74, 6) is -0.212. The molecule has 0 aliphatic carbocycles. The zero-order valence-corrected chi connectivity index (χ0v) is 21.6. The van der Waals surface area contributed by atoms with Crippen LogP contribution in [0.2, 0.25) is 5.02 Å². The van der Waals surface area contributed by atoms with E-state index in [1.54, 1.807) is 25.3 Å². The van der Waals surface area contributed by atoms with Gasteiger partial charge in [-0.15, -0.1) is 0 Å². The van der Waals surface area contributed by atoms with E-state index in [2.05, 4.69) is 5.32 Å². The van der Waals surface area contributed by atoms with Crippen LogP contribution in [0.4, 0.5) is 0 Å². The van der Waals surface area contributed by atoms with Crippen molar-refractivity contribution in [2.45, 2.75) is 39.7 Å². The van der Waals surface area contributed by atoms with Gasteiger partial charge in [-0.3, -0.25) is 9.59 Å². The molecule has 1 amide bonds. The van der Waals surface area contributed by atoms with Crippen LogP contribution in [0, 0.1) is 5.92 Å². The Labute approximate surface area is 217 Å². The summed E-state index contributed by atoms with van der Waals surface area (Å²) >= 11 is 6.33. The molecular formula is C29H32ClNO5. The Morgan fingerprint density at radius 2 is 1.81 bits per heavy atom. The SMILES string of the molecule is CCCOc1ccc(C(=O)NCc2cc(-c3cccc(CC(CC)C(=O)O)c3)ccc2OC)c(Cl)c1. The summed E-state index contributed by atoms with van der Waals surface area (Å²) in [7, 11) is 1.59. The standard InChI is InChI=1S/C29H32ClNO5/c1-4-13-36-24-10-11-25(26(30)17-24)28(32)31-18-23-16-22(9-12-27(23)35-3)21-8-6-7-19(15-21)14-20(5-2)29(33)34/h6-12,15-17,20H,4-5,13-14,18H2,1-3H3,(H,31,32)(H,33,34). The molecule has 36 heavy (non-hydrogen) atoms. The lowest BCUT2D eigenvalue weighted by Gasteiger charge is -2.14. The average Bonchev–Trinajstić information content (AvgIpc) is 2.89. The largest absolute Gasteiger partial charge is 0.496 e. The van der Waals surface area contributed by atoms with Crippen LogP contribution in [0.3, 0.4) is 0 Å². The zero-order valence-electron chi connectivity index (χ0n) is 20.8. The number of carbonyl (C=O) groups excluding carboxylic acids is 1. The van der Waals surface area contributed by atoms with E-state index >= 15 is 0 Å². The molecule has 3 aromatic rings. The monoisotopic (exact) mass is 509 g/mol. The van der Waals surface area contributed by atoms with Crippen molar-refractivity contribution in [1.82, 2.24) is 5.32 Å². The Hall–Kier alpha value is -3.51. The Kier molecular flexibility index (Phi) is 9.77. The van der Waals surface area contributed by atoms with Crippen LogP contribution in [0.5, 0.6) is 11.5 Å². The van der Waals surface area contributed by atoms with Crippen molar-refractivity contribution in [3.05, 3.63) is 82.4 Å². The minimum absolute atomic E-state index is 0.247. The number of amides is 1. The first-order valence-electron chi connectivity index (χ1n) is 12.1. The number of hydrogen-bond donors (Lipinski definition) is 2. The van der Waals surface area contributed by atoms with Crippen molar-refractivity contribution in [3.8, 4) is 22.6 Å².